The van der Waals surface area contributed by atoms with Crippen molar-refractivity contribution in [3.63, 3.8) is 0 Å². The Hall–Kier alpha value is -3.52. The fourth-order valence-corrected chi connectivity index (χ4v) is 10.2. The third-order valence-electron chi connectivity index (χ3n) is 12.0. The summed E-state index contributed by atoms with van der Waals surface area (Å²) in [6.07, 6.45) is 5.22. The minimum Gasteiger partial charge on any atom is -0.484 e. The van der Waals surface area contributed by atoms with E-state index in [0.717, 1.165) is 63.9 Å². The van der Waals surface area contributed by atoms with Gasteiger partial charge in [-0.1, -0.05) is 68.4 Å². The number of nitrogens with two attached hydrogens (primary N) is 2. The van der Waals surface area contributed by atoms with E-state index in [1.54, 1.807) is 20.2 Å². The molecule has 0 bridgehead atoms. The number of fused-ring (bicyclic) bond motifs is 4. The van der Waals surface area contributed by atoms with E-state index in [2.05, 4.69) is 34.8 Å². The topological polar surface area (TPSA) is 179 Å². The van der Waals surface area contributed by atoms with Gasteiger partial charge in [-0.25, -0.2) is 29.8 Å². The van der Waals surface area contributed by atoms with Gasteiger partial charge in [0.1, 0.15) is 22.7 Å². The number of rotatable bonds is 2. The van der Waals surface area contributed by atoms with Crippen LogP contribution in [0.2, 0.25) is 20.1 Å². The molecule has 6 atom stereocenters. The molecule has 0 radical (unpaired) electrons. The number of hydrogen-bond acceptors (Lipinski definition) is 14. The number of nitrogens with zero attached hydrogens (tertiary/aromatic N) is 4. The summed E-state index contributed by atoms with van der Waals surface area (Å²) in [5, 5.41) is 22.4. The van der Waals surface area contributed by atoms with Crippen LogP contribution >= 0.6 is 62.3 Å². The summed E-state index contributed by atoms with van der Waals surface area (Å²) in [4.78, 5) is 21.7. The number of benzene rings is 4. The zero-order valence-corrected chi connectivity index (χ0v) is 40.1. The maximum absolute atomic E-state index is 8.71. The molecule has 6 aliphatic heterocycles. The molecular formula is C44H48BBrCl4N6O8. The second-order valence-corrected chi connectivity index (χ2v) is 19.7. The fourth-order valence-electron chi connectivity index (χ4n) is 8.78. The molecule has 2 fully saturated rings. The van der Waals surface area contributed by atoms with Gasteiger partial charge in [0.2, 0.25) is 23.4 Å². The van der Waals surface area contributed by atoms with Crippen LogP contribution in [0.5, 0.6) is 11.5 Å². The third-order valence-corrected chi connectivity index (χ3v) is 13.4. The van der Waals surface area contributed by atoms with Crippen molar-refractivity contribution >= 4 is 86.8 Å². The van der Waals surface area contributed by atoms with Crippen LogP contribution in [0.15, 0.2) is 87.3 Å². The van der Waals surface area contributed by atoms with Crippen molar-refractivity contribution in [2.45, 2.75) is 87.2 Å². The maximum Gasteiger partial charge on any atom is 0.488 e. The summed E-state index contributed by atoms with van der Waals surface area (Å²) in [6.45, 7) is 5.20. The molecular weight excluding hydrogens is 973 g/mol. The highest BCUT2D eigenvalue weighted by molar-refractivity contribution is 9.10. The summed E-state index contributed by atoms with van der Waals surface area (Å²) < 4.78 is 25.7. The van der Waals surface area contributed by atoms with E-state index in [4.69, 9.17) is 102 Å². The number of aliphatic imine (C=N–C) groups is 2. The zero-order chi connectivity index (χ0) is 45.8. The maximum atomic E-state index is 8.71. The van der Waals surface area contributed by atoms with Crippen LogP contribution < -0.4 is 26.4 Å². The lowest BCUT2D eigenvalue weighted by atomic mass is 9.80. The molecule has 6 heterocycles. The highest BCUT2D eigenvalue weighted by Gasteiger charge is 2.57. The highest BCUT2D eigenvalue weighted by Crippen LogP contribution is 2.54. The van der Waals surface area contributed by atoms with Crippen molar-refractivity contribution < 1.29 is 38.7 Å². The van der Waals surface area contributed by atoms with Gasteiger partial charge in [0.15, 0.2) is 0 Å². The van der Waals surface area contributed by atoms with E-state index >= 15 is 0 Å². The molecule has 6 aliphatic rings. The van der Waals surface area contributed by atoms with Gasteiger partial charge in [-0.2, -0.15) is 0 Å². The minimum atomic E-state index is -1.52. The Bertz CT molecular complexity index is 2430. The van der Waals surface area contributed by atoms with Gasteiger partial charge in [-0.3, -0.25) is 0 Å². The largest absolute Gasteiger partial charge is 0.488 e. The Balaban J connectivity index is 0.000000145. The lowest BCUT2D eigenvalue weighted by molar-refractivity contribution is -0.220. The molecule has 6 N–H and O–H groups in total. The summed E-state index contributed by atoms with van der Waals surface area (Å²) >= 11 is 27.1. The second-order valence-electron chi connectivity index (χ2n) is 17.0. The van der Waals surface area contributed by atoms with E-state index < -0.39 is 29.8 Å². The summed E-state index contributed by atoms with van der Waals surface area (Å²) in [5.74, 6) is 2.21. The smallest absolute Gasteiger partial charge is 0.484 e. The number of halogens is 5. The minimum absolute atomic E-state index is 0.215. The molecule has 20 heteroatoms. The first kappa shape index (κ1) is 47.0. The van der Waals surface area contributed by atoms with Crippen LogP contribution in [0.1, 0.15) is 63.5 Å². The van der Waals surface area contributed by atoms with Crippen LogP contribution in [0, 0.1) is 0 Å². The monoisotopic (exact) mass is 1020 g/mol. The summed E-state index contributed by atoms with van der Waals surface area (Å²) in [6, 6.07) is 21.7. The molecule has 4 spiro atoms. The number of ether oxygens (including phenoxy) is 4. The molecule has 4 aromatic rings. The molecule has 340 valence electrons. The Morgan fingerprint density at radius 3 is 1.53 bits per heavy atom. The van der Waals surface area contributed by atoms with Crippen LogP contribution in [0.4, 0.5) is 0 Å². The molecule has 0 saturated carbocycles. The van der Waals surface area contributed by atoms with Crippen LogP contribution in [-0.2, 0) is 30.6 Å². The van der Waals surface area contributed by atoms with Gasteiger partial charge in [0, 0.05) is 51.5 Å². The molecule has 2 saturated heterocycles. The molecule has 4 aromatic carbocycles. The van der Waals surface area contributed by atoms with Crippen molar-refractivity contribution in [3.05, 3.63) is 108 Å². The second kappa shape index (κ2) is 18.3. The van der Waals surface area contributed by atoms with Crippen molar-refractivity contribution in [1.29, 1.82) is 0 Å². The molecule has 6 unspecified atom stereocenters. The van der Waals surface area contributed by atoms with Crippen LogP contribution in [0.3, 0.4) is 0 Å². The fraction of sp³-hybridized carbons (Fsp3) is 0.409. The number of hydroxylamine groups is 4. The van der Waals surface area contributed by atoms with Gasteiger partial charge in [0.25, 0.3) is 0 Å². The zero-order valence-electron chi connectivity index (χ0n) is 35.5. The van der Waals surface area contributed by atoms with Crippen LogP contribution in [-0.4, -0.2) is 89.9 Å². The first-order chi connectivity index (χ1) is 30.3. The molecule has 0 aromatic heterocycles. The number of guanidine groups is 2. The Morgan fingerprint density at radius 1 is 0.656 bits per heavy atom. The van der Waals surface area contributed by atoms with Gasteiger partial charge in [-0.15, -0.1) is 0 Å². The third kappa shape index (κ3) is 9.79. The van der Waals surface area contributed by atoms with E-state index in [0.29, 0.717) is 63.5 Å². The predicted molar refractivity (Wildman–Crippen MR) is 252 cm³/mol. The first-order valence-electron chi connectivity index (χ1n) is 20.7. The predicted octanol–water partition coefficient (Wildman–Crippen LogP) is 7.91. The van der Waals surface area contributed by atoms with Gasteiger partial charge in [0.05, 0.1) is 36.5 Å². The summed E-state index contributed by atoms with van der Waals surface area (Å²) in [5.41, 5.74) is 13.2. The summed E-state index contributed by atoms with van der Waals surface area (Å²) in [7, 11) is 2.01. The Kier molecular flexibility index (Phi) is 13.4. The lowest BCUT2D eigenvalue weighted by Gasteiger charge is -2.47. The quantitative estimate of drug-likeness (QED) is 0.143. The molecule has 64 heavy (non-hydrogen) atoms. The first-order valence-corrected chi connectivity index (χ1v) is 23.0. The average molecular weight is 1020 g/mol. The van der Waals surface area contributed by atoms with Crippen molar-refractivity contribution in [2.75, 3.05) is 27.3 Å². The van der Waals surface area contributed by atoms with Gasteiger partial charge in [-0.05, 0) is 123 Å². The van der Waals surface area contributed by atoms with Crippen molar-refractivity contribution in [3.8, 4) is 22.6 Å². The highest BCUT2D eigenvalue weighted by atomic mass is 79.9. The van der Waals surface area contributed by atoms with E-state index in [1.807, 2.05) is 48.5 Å². The Labute approximate surface area is 400 Å². The van der Waals surface area contributed by atoms with Gasteiger partial charge >= 0.3 is 7.12 Å². The Morgan fingerprint density at radius 2 is 1.11 bits per heavy atom. The SMILES string of the molecule is CC1CCC2(CO1)CC1(N=C(N)N(C)O1)c1cc(-c3cc(Cl)cc(Cl)c3)ccc1O2.CC1CCC2(CO1)CC1(N=C(N)N(C)O1)c1cc(Br)ccc1O2.OB(O)c1cc(Cl)cc(Cl)c1. The van der Waals surface area contributed by atoms with Crippen LogP contribution in [0.25, 0.3) is 11.1 Å². The van der Waals surface area contributed by atoms with E-state index in [1.165, 1.54) is 28.3 Å². The molecule has 10 rings (SSSR count). The molecule has 0 amide bonds. The van der Waals surface area contributed by atoms with E-state index in [9.17, 15) is 0 Å². The van der Waals surface area contributed by atoms with Crippen molar-refractivity contribution in [1.82, 2.24) is 10.1 Å². The molecule has 14 nitrogen and oxygen atoms in total. The number of hydrogen-bond donors (Lipinski definition) is 4. The molecule has 0 aliphatic carbocycles. The standard InChI is InChI=1S/C22H23Cl2N3O3.C16H20BrN3O3.C6H5BCl2O2/c1-13-5-6-21(12-28-13)11-22(26-20(25)27(2)30-22)18-9-14(3-4-19(18)29-21)15-7-16(23)10-17(24)8-15;1-10-5-6-15(9-21-10)8-16(19-14(18)20(2)23-16)12-7-11(17)3-4-13(12)22-15;8-5-1-4(7(10)11)2-6(9)3-5/h3-4,7-10,13H,5-6,11-12H2,1-2H3,(H2,25,26);3-4,7,10H,5-6,8-9H2,1-2H3,(H2,18,19);1-3,10-11H. The normalized spacial score (nSPS) is 28.9. The van der Waals surface area contributed by atoms with Crippen molar-refractivity contribution in [2.24, 2.45) is 21.5 Å². The average Bonchev–Trinajstić information content (AvgIpc) is 3.68. The lowest BCUT2D eigenvalue weighted by Crippen LogP contribution is -2.54. The van der Waals surface area contributed by atoms with E-state index in [-0.39, 0.29) is 12.2 Å². The van der Waals surface area contributed by atoms with Gasteiger partial charge < -0.3 is 40.5 Å².